The molecule has 2 fully saturated rings. The first-order chi connectivity index (χ1) is 11.5. The van der Waals surface area contributed by atoms with Crippen LogP contribution in [0.4, 0.5) is 0 Å². The summed E-state index contributed by atoms with van der Waals surface area (Å²) in [6, 6.07) is 6.35. The topological polar surface area (TPSA) is 56.7 Å². The monoisotopic (exact) mass is 331 g/mol. The van der Waals surface area contributed by atoms with E-state index in [1.165, 1.54) is 6.42 Å². The van der Waals surface area contributed by atoms with Crippen molar-refractivity contribution in [2.75, 3.05) is 19.6 Å². The highest BCUT2D eigenvalue weighted by Crippen LogP contribution is 2.31. The van der Waals surface area contributed by atoms with Crippen LogP contribution >= 0.6 is 0 Å². The van der Waals surface area contributed by atoms with Crippen LogP contribution in [0.3, 0.4) is 0 Å². The predicted octanol–water partition coefficient (Wildman–Crippen LogP) is 2.15. The largest absolute Gasteiger partial charge is 0.383 e. The van der Waals surface area contributed by atoms with Crippen molar-refractivity contribution in [1.29, 1.82) is 0 Å². The molecule has 1 aromatic heterocycles. The third-order valence-electron chi connectivity index (χ3n) is 5.67. The molecule has 0 aromatic carbocycles. The van der Waals surface area contributed by atoms with Crippen LogP contribution < -0.4 is 0 Å². The zero-order chi connectivity index (χ0) is 17.2. The minimum absolute atomic E-state index is 0.234. The summed E-state index contributed by atoms with van der Waals surface area (Å²) in [5, 5.41) is 10.8. The van der Waals surface area contributed by atoms with Gasteiger partial charge >= 0.3 is 0 Å². The molecule has 2 atom stereocenters. The maximum Gasteiger partial charge on any atom is 0.237 e. The molecule has 1 N–H and O–H groups in total. The summed E-state index contributed by atoms with van der Waals surface area (Å²) in [7, 11) is 0. The van der Waals surface area contributed by atoms with E-state index in [-0.39, 0.29) is 5.91 Å². The molecule has 3 heterocycles. The van der Waals surface area contributed by atoms with Crippen LogP contribution in [0.5, 0.6) is 0 Å². The number of carbonyl (C=O) groups is 1. The number of carbonyl (C=O) groups excluding carboxylic acids is 1. The summed E-state index contributed by atoms with van der Waals surface area (Å²) in [6.07, 6.45) is 6.41. The molecule has 132 valence electrons. The van der Waals surface area contributed by atoms with Crippen LogP contribution in [0.2, 0.25) is 0 Å². The Balaban J connectivity index is 1.56. The van der Waals surface area contributed by atoms with Crippen LogP contribution in [0.15, 0.2) is 24.4 Å². The molecule has 0 unspecified atom stereocenters. The number of amides is 1. The lowest BCUT2D eigenvalue weighted by atomic mass is 9.87. The fourth-order valence-corrected chi connectivity index (χ4v) is 4.16. The maximum atomic E-state index is 12.7. The Labute approximate surface area is 144 Å². The van der Waals surface area contributed by atoms with E-state index in [1.54, 1.807) is 6.20 Å². The van der Waals surface area contributed by atoms with Crippen molar-refractivity contribution in [3.63, 3.8) is 0 Å². The van der Waals surface area contributed by atoms with Gasteiger partial charge in [0, 0.05) is 31.4 Å². The average Bonchev–Trinajstić information content (AvgIpc) is 2.58. The zero-order valence-corrected chi connectivity index (χ0v) is 14.8. The highest BCUT2D eigenvalue weighted by Gasteiger charge is 2.36. The Morgan fingerprint density at radius 1 is 1.25 bits per heavy atom. The lowest BCUT2D eigenvalue weighted by Gasteiger charge is -2.42. The Morgan fingerprint density at radius 2 is 1.92 bits per heavy atom. The van der Waals surface area contributed by atoms with Gasteiger partial charge in [-0.15, -0.1) is 0 Å². The molecule has 0 saturated carbocycles. The van der Waals surface area contributed by atoms with E-state index in [0.29, 0.717) is 31.5 Å². The number of rotatable bonds is 3. The van der Waals surface area contributed by atoms with Crippen LogP contribution in [0, 0.1) is 0 Å². The van der Waals surface area contributed by atoms with Gasteiger partial charge in [0.1, 0.15) is 5.60 Å². The van der Waals surface area contributed by atoms with E-state index >= 15 is 0 Å². The van der Waals surface area contributed by atoms with Gasteiger partial charge in [0.2, 0.25) is 5.91 Å². The number of aliphatic hydroxyl groups is 1. The standard InChI is InChI=1S/C19H29N3O2/c1-15-6-5-7-16(2)22(15)18(23)14-21-12-9-19(24,10-13-21)17-8-3-4-11-20-17/h3-4,8,11,15-16,24H,5-7,9-10,12-14H2,1-2H3/t15-,16-/m1/s1. The van der Waals surface area contributed by atoms with Crippen LogP contribution in [0.25, 0.3) is 0 Å². The maximum absolute atomic E-state index is 12.7. The Kier molecular flexibility index (Phi) is 5.21. The average molecular weight is 331 g/mol. The highest BCUT2D eigenvalue weighted by atomic mass is 16.3. The fourth-order valence-electron chi connectivity index (χ4n) is 4.16. The second kappa shape index (κ2) is 7.19. The molecule has 1 aromatic rings. The molecule has 0 bridgehead atoms. The number of likely N-dealkylation sites (tertiary alicyclic amines) is 2. The lowest BCUT2D eigenvalue weighted by molar-refractivity contribution is -0.139. The smallest absolute Gasteiger partial charge is 0.237 e. The van der Waals surface area contributed by atoms with Gasteiger partial charge < -0.3 is 10.0 Å². The lowest BCUT2D eigenvalue weighted by Crippen LogP contribution is -2.53. The number of hydrogen-bond donors (Lipinski definition) is 1. The van der Waals surface area contributed by atoms with E-state index in [2.05, 4.69) is 28.6 Å². The van der Waals surface area contributed by atoms with Crippen molar-refractivity contribution < 1.29 is 9.90 Å². The summed E-state index contributed by atoms with van der Waals surface area (Å²) in [4.78, 5) is 21.3. The minimum Gasteiger partial charge on any atom is -0.383 e. The molecule has 3 rings (SSSR count). The van der Waals surface area contributed by atoms with Crippen molar-refractivity contribution in [3.05, 3.63) is 30.1 Å². The molecule has 2 aliphatic rings. The predicted molar refractivity (Wildman–Crippen MR) is 93.4 cm³/mol. The summed E-state index contributed by atoms with van der Waals surface area (Å²) < 4.78 is 0. The Bertz CT molecular complexity index is 545. The number of hydrogen-bond acceptors (Lipinski definition) is 4. The first-order valence-electron chi connectivity index (χ1n) is 9.17. The second-order valence-corrected chi connectivity index (χ2v) is 7.45. The quantitative estimate of drug-likeness (QED) is 0.922. The number of nitrogens with zero attached hydrogens (tertiary/aromatic N) is 3. The molecule has 2 aliphatic heterocycles. The third kappa shape index (κ3) is 3.62. The van der Waals surface area contributed by atoms with E-state index in [9.17, 15) is 9.90 Å². The fraction of sp³-hybridized carbons (Fsp3) is 0.684. The normalized spacial score (nSPS) is 27.9. The molecule has 5 heteroatoms. The summed E-state index contributed by atoms with van der Waals surface area (Å²) in [6.45, 7) is 6.24. The molecule has 0 spiro atoms. The van der Waals surface area contributed by atoms with Crippen LogP contribution in [-0.2, 0) is 10.4 Å². The summed E-state index contributed by atoms with van der Waals surface area (Å²) in [5.41, 5.74) is -0.110. The zero-order valence-electron chi connectivity index (χ0n) is 14.8. The van der Waals surface area contributed by atoms with Crippen molar-refractivity contribution in [2.45, 2.75) is 63.6 Å². The molecule has 0 aliphatic carbocycles. The molecule has 5 nitrogen and oxygen atoms in total. The molecular weight excluding hydrogens is 302 g/mol. The van der Waals surface area contributed by atoms with Gasteiger partial charge in [-0.05, 0) is 58.1 Å². The molecule has 2 saturated heterocycles. The third-order valence-corrected chi connectivity index (χ3v) is 5.67. The Hall–Kier alpha value is -1.46. The SMILES string of the molecule is C[C@@H]1CCC[C@@H](C)N1C(=O)CN1CCC(O)(c2ccccn2)CC1. The van der Waals surface area contributed by atoms with Crippen molar-refractivity contribution in [3.8, 4) is 0 Å². The minimum atomic E-state index is -0.855. The van der Waals surface area contributed by atoms with Gasteiger partial charge in [-0.1, -0.05) is 6.07 Å². The van der Waals surface area contributed by atoms with Crippen molar-refractivity contribution in [1.82, 2.24) is 14.8 Å². The van der Waals surface area contributed by atoms with E-state index in [1.807, 2.05) is 18.2 Å². The number of aromatic nitrogens is 1. The first kappa shape index (κ1) is 17.4. The molecule has 24 heavy (non-hydrogen) atoms. The van der Waals surface area contributed by atoms with Crippen LogP contribution in [0.1, 0.15) is 51.6 Å². The van der Waals surface area contributed by atoms with Gasteiger partial charge in [-0.3, -0.25) is 14.7 Å². The summed E-state index contributed by atoms with van der Waals surface area (Å²) in [5.74, 6) is 0.234. The van der Waals surface area contributed by atoms with E-state index < -0.39 is 5.60 Å². The molecular formula is C19H29N3O2. The highest BCUT2D eigenvalue weighted by molar-refractivity contribution is 5.79. The molecule has 0 radical (unpaired) electrons. The van der Waals surface area contributed by atoms with E-state index in [4.69, 9.17) is 0 Å². The van der Waals surface area contributed by atoms with Gasteiger partial charge in [-0.2, -0.15) is 0 Å². The summed E-state index contributed by atoms with van der Waals surface area (Å²) >= 11 is 0. The van der Waals surface area contributed by atoms with Crippen molar-refractivity contribution >= 4 is 5.91 Å². The second-order valence-electron chi connectivity index (χ2n) is 7.45. The van der Waals surface area contributed by atoms with E-state index in [0.717, 1.165) is 31.6 Å². The van der Waals surface area contributed by atoms with Gasteiger partial charge in [0.05, 0.1) is 12.2 Å². The van der Waals surface area contributed by atoms with Gasteiger partial charge in [0.25, 0.3) is 0 Å². The number of piperidine rings is 2. The van der Waals surface area contributed by atoms with Crippen molar-refractivity contribution in [2.24, 2.45) is 0 Å². The van der Waals surface area contributed by atoms with Gasteiger partial charge in [0.15, 0.2) is 0 Å². The van der Waals surface area contributed by atoms with Crippen LogP contribution in [-0.4, -0.2) is 57.5 Å². The molecule has 1 amide bonds. The number of pyridine rings is 1. The first-order valence-corrected chi connectivity index (χ1v) is 9.17. The Morgan fingerprint density at radius 3 is 2.50 bits per heavy atom. The van der Waals surface area contributed by atoms with Gasteiger partial charge in [-0.25, -0.2) is 0 Å².